The normalized spacial score (nSPS) is 15.1. The van der Waals surface area contributed by atoms with E-state index in [0.717, 1.165) is 24.5 Å². The highest BCUT2D eigenvalue weighted by atomic mass is 35.5. The van der Waals surface area contributed by atoms with E-state index in [0.29, 0.717) is 11.8 Å². The van der Waals surface area contributed by atoms with Gasteiger partial charge in [-0.25, -0.2) is 0 Å². The van der Waals surface area contributed by atoms with Crippen molar-refractivity contribution in [2.75, 3.05) is 13.6 Å². The molecule has 2 unspecified atom stereocenters. The van der Waals surface area contributed by atoms with Crippen molar-refractivity contribution in [3.63, 3.8) is 0 Å². The van der Waals surface area contributed by atoms with E-state index >= 15 is 0 Å². The zero-order valence-electron chi connectivity index (χ0n) is 10.6. The van der Waals surface area contributed by atoms with Crippen LogP contribution in [0.3, 0.4) is 0 Å². The van der Waals surface area contributed by atoms with Crippen LogP contribution in [0, 0.1) is 5.92 Å². The van der Waals surface area contributed by atoms with Crippen LogP contribution >= 0.6 is 11.6 Å². The maximum absolute atomic E-state index is 6.22. The Balaban J connectivity index is 2.87. The number of aryl methyl sites for hydroxylation is 1. The fraction of sp³-hybridized carbons (Fsp3) is 0.750. The molecule has 0 aliphatic carbocycles. The van der Waals surface area contributed by atoms with Crippen molar-refractivity contribution >= 4 is 11.6 Å². The summed E-state index contributed by atoms with van der Waals surface area (Å²) in [6.07, 6.45) is 2.84. The van der Waals surface area contributed by atoms with Gasteiger partial charge in [-0.2, -0.15) is 5.10 Å². The third-order valence-corrected chi connectivity index (χ3v) is 3.37. The van der Waals surface area contributed by atoms with E-state index in [4.69, 9.17) is 11.6 Å². The number of hydrogen-bond donors (Lipinski definition) is 1. The smallest absolute Gasteiger partial charge is 0.0820 e. The second-order valence-corrected chi connectivity index (χ2v) is 4.83. The Kier molecular flexibility index (Phi) is 5.29. The molecule has 16 heavy (non-hydrogen) atoms. The van der Waals surface area contributed by atoms with Crippen molar-refractivity contribution in [2.45, 2.75) is 39.7 Å². The SMILES string of the molecule is CCCn1ncc(Cl)c1C(C)C(C)CNC. The Morgan fingerprint density at radius 3 is 2.75 bits per heavy atom. The van der Waals surface area contributed by atoms with Crippen LogP contribution in [0.15, 0.2) is 6.20 Å². The van der Waals surface area contributed by atoms with E-state index in [1.807, 2.05) is 11.7 Å². The van der Waals surface area contributed by atoms with E-state index in [2.05, 4.69) is 31.2 Å². The molecule has 2 atom stereocenters. The van der Waals surface area contributed by atoms with Crippen LogP contribution in [0.25, 0.3) is 0 Å². The van der Waals surface area contributed by atoms with E-state index in [9.17, 15) is 0 Å². The highest BCUT2D eigenvalue weighted by molar-refractivity contribution is 6.31. The highest BCUT2D eigenvalue weighted by Crippen LogP contribution is 2.29. The molecule has 1 aromatic rings. The van der Waals surface area contributed by atoms with Crippen LogP contribution < -0.4 is 5.32 Å². The quantitative estimate of drug-likeness (QED) is 0.833. The van der Waals surface area contributed by atoms with Gasteiger partial charge in [0.05, 0.1) is 16.9 Å². The molecule has 1 rings (SSSR count). The lowest BCUT2D eigenvalue weighted by atomic mass is 9.92. The van der Waals surface area contributed by atoms with Gasteiger partial charge in [0.2, 0.25) is 0 Å². The number of hydrogen-bond acceptors (Lipinski definition) is 2. The summed E-state index contributed by atoms with van der Waals surface area (Å²) in [5, 5.41) is 8.34. The number of rotatable bonds is 6. The van der Waals surface area contributed by atoms with Crippen LogP contribution in [0.4, 0.5) is 0 Å². The number of halogens is 1. The van der Waals surface area contributed by atoms with Crippen molar-refractivity contribution in [2.24, 2.45) is 5.92 Å². The Bertz CT molecular complexity index is 322. The van der Waals surface area contributed by atoms with Gasteiger partial charge in [0.25, 0.3) is 0 Å². The predicted molar refractivity (Wildman–Crippen MR) is 69.0 cm³/mol. The summed E-state index contributed by atoms with van der Waals surface area (Å²) in [6.45, 7) is 8.55. The second-order valence-electron chi connectivity index (χ2n) is 4.42. The lowest BCUT2D eigenvalue weighted by Gasteiger charge is -2.21. The Hall–Kier alpha value is -0.540. The van der Waals surface area contributed by atoms with Crippen molar-refractivity contribution < 1.29 is 0 Å². The molecule has 0 bridgehead atoms. The first-order valence-corrected chi connectivity index (χ1v) is 6.35. The highest BCUT2D eigenvalue weighted by Gasteiger charge is 2.20. The zero-order chi connectivity index (χ0) is 12.1. The first-order valence-electron chi connectivity index (χ1n) is 5.97. The summed E-state index contributed by atoms with van der Waals surface area (Å²) in [5.41, 5.74) is 1.17. The standard InChI is InChI=1S/C12H22ClN3/c1-5-6-16-12(11(13)8-15-16)10(3)9(2)7-14-4/h8-10,14H,5-7H2,1-4H3. The molecule has 0 aromatic carbocycles. The van der Waals surface area contributed by atoms with E-state index < -0.39 is 0 Å². The van der Waals surface area contributed by atoms with Crippen LogP contribution in [0.2, 0.25) is 5.02 Å². The average molecular weight is 244 g/mol. The van der Waals surface area contributed by atoms with E-state index in [1.165, 1.54) is 5.69 Å². The van der Waals surface area contributed by atoms with Crippen LogP contribution in [-0.4, -0.2) is 23.4 Å². The van der Waals surface area contributed by atoms with Gasteiger partial charge in [0, 0.05) is 12.5 Å². The van der Waals surface area contributed by atoms with Crippen LogP contribution in [-0.2, 0) is 6.54 Å². The summed E-state index contributed by atoms with van der Waals surface area (Å²) >= 11 is 6.22. The first kappa shape index (κ1) is 13.5. The summed E-state index contributed by atoms with van der Waals surface area (Å²) in [4.78, 5) is 0. The van der Waals surface area contributed by atoms with E-state index in [-0.39, 0.29) is 0 Å². The molecule has 1 aromatic heterocycles. The molecule has 0 saturated carbocycles. The van der Waals surface area contributed by atoms with Crippen molar-refractivity contribution in [1.82, 2.24) is 15.1 Å². The minimum atomic E-state index is 0.425. The van der Waals surface area contributed by atoms with Crippen molar-refractivity contribution in [1.29, 1.82) is 0 Å². The Morgan fingerprint density at radius 1 is 1.50 bits per heavy atom. The molecule has 92 valence electrons. The maximum atomic E-state index is 6.22. The molecule has 0 fully saturated rings. The lowest BCUT2D eigenvalue weighted by molar-refractivity contribution is 0.431. The van der Waals surface area contributed by atoms with Crippen LogP contribution in [0.1, 0.15) is 38.8 Å². The fourth-order valence-corrected chi connectivity index (χ4v) is 2.30. The summed E-state index contributed by atoms with van der Waals surface area (Å²) in [5.74, 6) is 0.976. The summed E-state index contributed by atoms with van der Waals surface area (Å²) < 4.78 is 2.04. The molecular weight excluding hydrogens is 222 g/mol. The third-order valence-electron chi connectivity index (χ3n) is 3.08. The summed E-state index contributed by atoms with van der Waals surface area (Å²) in [6, 6.07) is 0. The molecule has 3 nitrogen and oxygen atoms in total. The van der Waals surface area contributed by atoms with Gasteiger partial charge < -0.3 is 5.32 Å². The minimum Gasteiger partial charge on any atom is -0.319 e. The average Bonchev–Trinajstić information content (AvgIpc) is 2.60. The third kappa shape index (κ3) is 2.98. The Labute approximate surface area is 103 Å². The number of nitrogens with zero attached hydrogens (tertiary/aromatic N) is 2. The molecule has 1 N–H and O–H groups in total. The minimum absolute atomic E-state index is 0.425. The summed E-state index contributed by atoms with van der Waals surface area (Å²) in [7, 11) is 1.98. The van der Waals surface area contributed by atoms with Gasteiger partial charge in [-0.05, 0) is 25.9 Å². The molecule has 0 saturated heterocycles. The van der Waals surface area contributed by atoms with Crippen molar-refractivity contribution in [3.8, 4) is 0 Å². The zero-order valence-corrected chi connectivity index (χ0v) is 11.4. The maximum Gasteiger partial charge on any atom is 0.0820 e. The monoisotopic (exact) mass is 243 g/mol. The molecule has 0 radical (unpaired) electrons. The second kappa shape index (κ2) is 6.26. The van der Waals surface area contributed by atoms with Crippen LogP contribution in [0.5, 0.6) is 0 Å². The van der Waals surface area contributed by atoms with Gasteiger partial charge in [0.1, 0.15) is 0 Å². The van der Waals surface area contributed by atoms with Gasteiger partial charge in [-0.1, -0.05) is 32.4 Å². The molecule has 0 aliphatic heterocycles. The molecule has 0 spiro atoms. The predicted octanol–water partition coefficient (Wildman–Crippen LogP) is 2.91. The van der Waals surface area contributed by atoms with Gasteiger partial charge >= 0.3 is 0 Å². The Morgan fingerprint density at radius 2 is 2.19 bits per heavy atom. The molecule has 4 heteroatoms. The molecule has 1 heterocycles. The van der Waals surface area contributed by atoms with Gasteiger partial charge in [-0.3, -0.25) is 4.68 Å². The molecule has 0 aliphatic rings. The van der Waals surface area contributed by atoms with Gasteiger partial charge in [0.15, 0.2) is 0 Å². The fourth-order valence-electron chi connectivity index (χ4n) is 1.98. The topological polar surface area (TPSA) is 29.9 Å². The van der Waals surface area contributed by atoms with Gasteiger partial charge in [-0.15, -0.1) is 0 Å². The van der Waals surface area contributed by atoms with E-state index in [1.54, 1.807) is 6.20 Å². The van der Waals surface area contributed by atoms with Crippen molar-refractivity contribution in [3.05, 3.63) is 16.9 Å². The molecular formula is C12H22ClN3. The number of aromatic nitrogens is 2. The first-order chi connectivity index (χ1) is 7.61. The largest absolute Gasteiger partial charge is 0.319 e. The molecule has 0 amide bonds. The number of nitrogens with one attached hydrogen (secondary N) is 1. The lowest BCUT2D eigenvalue weighted by Crippen LogP contribution is -2.23.